The van der Waals surface area contributed by atoms with Gasteiger partial charge in [-0.15, -0.1) is 0 Å². The Bertz CT molecular complexity index is 594. The number of nitrogens with two attached hydrogens (primary N) is 2. The molecule has 7 nitrogen and oxygen atoms in total. The van der Waals surface area contributed by atoms with E-state index in [0.29, 0.717) is 18.4 Å². The summed E-state index contributed by atoms with van der Waals surface area (Å²) < 4.78 is 0. The molecule has 7 heteroatoms. The Morgan fingerprint density at radius 2 is 1.78 bits per heavy atom. The maximum atomic E-state index is 12.1. The van der Waals surface area contributed by atoms with Gasteiger partial charge in [-0.3, -0.25) is 4.79 Å². The molecule has 0 bridgehead atoms. The number of aliphatic hydroxyl groups is 1. The van der Waals surface area contributed by atoms with Gasteiger partial charge in [-0.1, -0.05) is 26.0 Å². The van der Waals surface area contributed by atoms with E-state index in [2.05, 4.69) is 5.32 Å². The first-order valence-corrected chi connectivity index (χ1v) is 9.33. The monoisotopic (exact) mass is 379 g/mol. The lowest BCUT2D eigenvalue weighted by atomic mass is 9.83. The fourth-order valence-corrected chi connectivity index (χ4v) is 2.65. The summed E-state index contributed by atoms with van der Waals surface area (Å²) in [5, 5.41) is 15.3. The quantitative estimate of drug-likeness (QED) is 0.468. The Morgan fingerprint density at radius 3 is 2.19 bits per heavy atom. The Morgan fingerprint density at radius 1 is 1.22 bits per heavy atom. The number of hydrazine groups is 1. The summed E-state index contributed by atoms with van der Waals surface area (Å²) >= 11 is 0. The lowest BCUT2D eigenvalue weighted by Crippen LogP contribution is -2.39. The first-order valence-electron chi connectivity index (χ1n) is 9.33. The molecule has 27 heavy (non-hydrogen) atoms. The van der Waals surface area contributed by atoms with E-state index in [9.17, 15) is 9.90 Å². The van der Waals surface area contributed by atoms with Gasteiger partial charge in [0.1, 0.15) is 0 Å². The van der Waals surface area contributed by atoms with Gasteiger partial charge in [0.2, 0.25) is 0 Å². The molecular weight excluding hydrogens is 342 g/mol. The van der Waals surface area contributed by atoms with Crippen LogP contribution in [-0.4, -0.2) is 55.2 Å². The minimum Gasteiger partial charge on any atom is -0.403 e. The molecule has 1 amide bonds. The van der Waals surface area contributed by atoms with Crippen molar-refractivity contribution in [2.24, 2.45) is 11.6 Å². The zero-order valence-electron chi connectivity index (χ0n) is 17.6. The molecule has 0 unspecified atom stereocenters. The van der Waals surface area contributed by atoms with Crippen LogP contribution in [0.25, 0.3) is 0 Å². The van der Waals surface area contributed by atoms with E-state index in [1.165, 1.54) is 11.2 Å². The highest BCUT2D eigenvalue weighted by Gasteiger charge is 2.31. The first-order chi connectivity index (χ1) is 12.7. The van der Waals surface area contributed by atoms with Gasteiger partial charge >= 0.3 is 0 Å². The zero-order valence-corrected chi connectivity index (χ0v) is 17.6. The van der Waals surface area contributed by atoms with Gasteiger partial charge in [0.05, 0.1) is 5.60 Å². The maximum absolute atomic E-state index is 12.1. The van der Waals surface area contributed by atoms with Crippen LogP contribution in [0, 0.1) is 6.92 Å². The number of piperidine rings is 1. The van der Waals surface area contributed by atoms with Crippen LogP contribution in [-0.2, 0) is 5.60 Å². The van der Waals surface area contributed by atoms with Crippen LogP contribution in [0.3, 0.4) is 0 Å². The van der Waals surface area contributed by atoms with E-state index in [4.69, 9.17) is 11.6 Å². The molecule has 0 spiro atoms. The number of benzene rings is 1. The van der Waals surface area contributed by atoms with Gasteiger partial charge in [0, 0.05) is 39.1 Å². The Balaban J connectivity index is 0.000000722. The second kappa shape index (κ2) is 12.3. The first kappa shape index (κ1) is 24.9. The van der Waals surface area contributed by atoms with Gasteiger partial charge in [0.25, 0.3) is 5.91 Å². The van der Waals surface area contributed by atoms with Crippen molar-refractivity contribution in [3.05, 3.63) is 47.3 Å². The van der Waals surface area contributed by atoms with Crippen LogP contribution in [0.1, 0.15) is 48.2 Å². The summed E-state index contributed by atoms with van der Waals surface area (Å²) in [6.45, 7) is 7.54. The number of nitrogens with zero attached hydrogens (tertiary/aromatic N) is 2. The SMILES string of the molecule is CC.CN(N)/C=C\N.Cc1ccc(C2(O)CCNCC2)cc1C(=O)N(C)C. The predicted molar refractivity (Wildman–Crippen MR) is 112 cm³/mol. The number of aryl methyl sites for hydroxylation is 1. The molecule has 2 rings (SSSR count). The van der Waals surface area contributed by atoms with Gasteiger partial charge in [-0.25, -0.2) is 5.84 Å². The summed E-state index contributed by atoms with van der Waals surface area (Å²) in [7, 11) is 5.19. The molecule has 1 aliphatic rings. The van der Waals surface area contributed by atoms with Gasteiger partial charge in [0.15, 0.2) is 0 Å². The summed E-state index contributed by atoms with van der Waals surface area (Å²) in [6, 6.07) is 5.71. The van der Waals surface area contributed by atoms with Crippen LogP contribution >= 0.6 is 0 Å². The molecule has 0 aromatic heterocycles. The van der Waals surface area contributed by atoms with Crippen LogP contribution in [0.2, 0.25) is 0 Å². The van der Waals surface area contributed by atoms with Crippen molar-refractivity contribution in [3.8, 4) is 0 Å². The summed E-state index contributed by atoms with van der Waals surface area (Å²) in [5.41, 5.74) is 6.59. The van der Waals surface area contributed by atoms with Crippen molar-refractivity contribution in [2.45, 2.75) is 39.2 Å². The molecule has 154 valence electrons. The van der Waals surface area contributed by atoms with Crippen molar-refractivity contribution in [3.63, 3.8) is 0 Å². The topological polar surface area (TPSA) is 108 Å². The lowest BCUT2D eigenvalue weighted by Gasteiger charge is -2.33. The van der Waals surface area contributed by atoms with Crippen molar-refractivity contribution in [1.82, 2.24) is 15.2 Å². The number of carbonyl (C=O) groups is 1. The number of rotatable bonds is 3. The van der Waals surface area contributed by atoms with E-state index in [1.807, 2.05) is 39.0 Å². The number of amides is 1. The Kier molecular flexibility index (Phi) is 11.4. The Hall–Kier alpha value is -2.09. The van der Waals surface area contributed by atoms with Crippen LogP contribution in [0.4, 0.5) is 0 Å². The highest BCUT2D eigenvalue weighted by Crippen LogP contribution is 2.31. The Labute approximate surface area is 164 Å². The molecule has 0 radical (unpaired) electrons. The standard InChI is InChI=1S/C15H22N2O2.C3H9N3.C2H6/c1-11-4-5-12(10-13(11)14(18)17(2)3)15(19)6-8-16-9-7-15;1-6(5)3-2-4;1-2/h4-5,10,16,19H,6-9H2,1-3H3;2-3H,4-5H2,1H3;1-2H3/b;3-2-;. The molecule has 1 fully saturated rings. The molecule has 1 aromatic rings. The molecule has 0 atom stereocenters. The zero-order chi connectivity index (χ0) is 21.0. The normalized spacial score (nSPS) is 15.1. The van der Waals surface area contributed by atoms with E-state index >= 15 is 0 Å². The van der Waals surface area contributed by atoms with Crippen LogP contribution in [0.15, 0.2) is 30.6 Å². The second-order valence-electron chi connectivity index (χ2n) is 6.52. The van der Waals surface area contributed by atoms with Gasteiger partial charge in [-0.05, 0) is 50.0 Å². The largest absolute Gasteiger partial charge is 0.403 e. The summed E-state index contributed by atoms with van der Waals surface area (Å²) in [5.74, 6) is 5.05. The molecular formula is C20H37N5O2. The summed E-state index contributed by atoms with van der Waals surface area (Å²) in [6.07, 6.45) is 4.30. The van der Waals surface area contributed by atoms with Gasteiger partial charge < -0.3 is 26.1 Å². The van der Waals surface area contributed by atoms with E-state index in [1.54, 1.807) is 32.2 Å². The average molecular weight is 380 g/mol. The van der Waals surface area contributed by atoms with Crippen molar-refractivity contribution in [1.29, 1.82) is 0 Å². The number of nitrogens with one attached hydrogen (secondary N) is 1. The van der Waals surface area contributed by atoms with Crippen molar-refractivity contribution >= 4 is 5.91 Å². The fraction of sp³-hybridized carbons (Fsp3) is 0.550. The summed E-state index contributed by atoms with van der Waals surface area (Å²) in [4.78, 5) is 13.7. The third-order valence-electron chi connectivity index (χ3n) is 4.16. The average Bonchev–Trinajstić information content (AvgIpc) is 2.64. The minimum atomic E-state index is -0.805. The van der Waals surface area contributed by atoms with Crippen LogP contribution in [0.5, 0.6) is 0 Å². The minimum absolute atomic E-state index is 0.0168. The highest BCUT2D eigenvalue weighted by molar-refractivity contribution is 5.95. The van der Waals surface area contributed by atoms with E-state index in [-0.39, 0.29) is 5.91 Å². The number of hydrogen-bond acceptors (Lipinski definition) is 6. The van der Waals surface area contributed by atoms with Crippen LogP contribution < -0.4 is 16.9 Å². The molecule has 1 aromatic carbocycles. The second-order valence-corrected chi connectivity index (χ2v) is 6.52. The molecule has 1 saturated heterocycles. The van der Waals surface area contributed by atoms with Crippen molar-refractivity contribution in [2.75, 3.05) is 34.2 Å². The molecule has 0 aliphatic carbocycles. The predicted octanol–water partition coefficient (Wildman–Crippen LogP) is 1.52. The molecule has 6 N–H and O–H groups in total. The number of hydrogen-bond donors (Lipinski definition) is 4. The molecule has 1 heterocycles. The third-order valence-corrected chi connectivity index (χ3v) is 4.16. The third kappa shape index (κ3) is 7.99. The lowest BCUT2D eigenvalue weighted by molar-refractivity contribution is 0.00588. The van der Waals surface area contributed by atoms with E-state index in [0.717, 1.165) is 24.2 Å². The molecule has 1 aliphatic heterocycles. The smallest absolute Gasteiger partial charge is 0.253 e. The highest BCUT2D eigenvalue weighted by atomic mass is 16.3. The van der Waals surface area contributed by atoms with Gasteiger partial charge in [-0.2, -0.15) is 0 Å². The fourth-order valence-electron chi connectivity index (χ4n) is 2.65. The van der Waals surface area contributed by atoms with Crippen molar-refractivity contribution < 1.29 is 9.90 Å². The maximum Gasteiger partial charge on any atom is 0.253 e. The number of carbonyl (C=O) groups excluding carboxylic acids is 1. The molecule has 0 saturated carbocycles. The van der Waals surface area contributed by atoms with E-state index < -0.39 is 5.60 Å².